The minimum absolute atomic E-state index is 0.120. The summed E-state index contributed by atoms with van der Waals surface area (Å²) >= 11 is 0. The summed E-state index contributed by atoms with van der Waals surface area (Å²) in [6.07, 6.45) is 0.877. The Bertz CT molecular complexity index is 736. The van der Waals surface area contributed by atoms with Crippen LogP contribution in [0.25, 0.3) is 0 Å². The van der Waals surface area contributed by atoms with Crippen molar-refractivity contribution in [1.82, 2.24) is 5.32 Å². The van der Waals surface area contributed by atoms with E-state index in [2.05, 4.69) is 10.6 Å². The van der Waals surface area contributed by atoms with Gasteiger partial charge in [-0.15, -0.1) is 0 Å². The first kappa shape index (κ1) is 17.7. The smallest absolute Gasteiger partial charge is 0.255 e. The molecule has 2 aromatic carbocycles. The lowest BCUT2D eigenvalue weighted by atomic mass is 10.1. The van der Waals surface area contributed by atoms with Gasteiger partial charge in [-0.05, 0) is 68.7 Å². The zero-order chi connectivity index (χ0) is 17.7. The van der Waals surface area contributed by atoms with Crippen molar-refractivity contribution in [3.8, 4) is 0 Å². The first-order valence-corrected chi connectivity index (χ1v) is 8.21. The van der Waals surface area contributed by atoms with Crippen molar-refractivity contribution < 1.29 is 9.59 Å². The van der Waals surface area contributed by atoms with Crippen molar-refractivity contribution in [3.05, 3.63) is 64.7 Å². The highest BCUT2D eigenvalue weighted by molar-refractivity contribution is 6.05. The Kier molecular flexibility index (Phi) is 5.74. The predicted octanol–water partition coefficient (Wildman–Crippen LogP) is 4.08. The number of amides is 2. The molecule has 0 aromatic heterocycles. The summed E-state index contributed by atoms with van der Waals surface area (Å²) in [7, 11) is 0. The molecule has 0 spiro atoms. The molecule has 126 valence electrons. The van der Waals surface area contributed by atoms with Gasteiger partial charge in [-0.1, -0.05) is 19.1 Å². The van der Waals surface area contributed by atoms with Gasteiger partial charge < -0.3 is 10.6 Å². The second-order valence-electron chi connectivity index (χ2n) is 6.06. The fourth-order valence-electron chi connectivity index (χ4n) is 2.26. The number of anilines is 1. The Morgan fingerprint density at radius 2 is 1.54 bits per heavy atom. The molecule has 0 aliphatic heterocycles. The Labute approximate surface area is 143 Å². The average Bonchev–Trinajstić information content (AvgIpc) is 2.58. The number of aryl methyl sites for hydroxylation is 1. The van der Waals surface area contributed by atoms with Crippen LogP contribution in [0.3, 0.4) is 0 Å². The van der Waals surface area contributed by atoms with Gasteiger partial charge in [0.1, 0.15) is 0 Å². The monoisotopic (exact) mass is 324 g/mol. The van der Waals surface area contributed by atoms with E-state index in [0.29, 0.717) is 11.1 Å². The van der Waals surface area contributed by atoms with Crippen molar-refractivity contribution >= 4 is 17.5 Å². The molecule has 0 saturated carbocycles. The van der Waals surface area contributed by atoms with E-state index in [0.717, 1.165) is 23.2 Å². The lowest BCUT2D eigenvalue weighted by molar-refractivity contribution is 0.0937. The highest BCUT2D eigenvalue weighted by Crippen LogP contribution is 2.19. The van der Waals surface area contributed by atoms with Crippen LogP contribution in [0.15, 0.2) is 42.5 Å². The third-order valence-electron chi connectivity index (χ3n) is 4.25. The van der Waals surface area contributed by atoms with Crippen LogP contribution in [0.5, 0.6) is 0 Å². The first-order valence-electron chi connectivity index (χ1n) is 8.21. The normalized spacial score (nSPS) is 11.7. The van der Waals surface area contributed by atoms with Gasteiger partial charge in [0.2, 0.25) is 0 Å². The summed E-state index contributed by atoms with van der Waals surface area (Å²) in [5, 5.41) is 5.83. The minimum atomic E-state index is -0.183. The zero-order valence-electron chi connectivity index (χ0n) is 14.6. The summed E-state index contributed by atoms with van der Waals surface area (Å²) in [5.74, 6) is -0.302. The maximum Gasteiger partial charge on any atom is 0.255 e. The largest absolute Gasteiger partial charge is 0.350 e. The van der Waals surface area contributed by atoms with Crippen LogP contribution in [0.1, 0.15) is 52.1 Å². The highest BCUT2D eigenvalue weighted by atomic mass is 16.2. The molecule has 0 heterocycles. The molecule has 2 aromatic rings. The average molecular weight is 324 g/mol. The SMILES string of the molecule is CCC(C)NC(=O)c1ccc(C(=O)Nc2cccc(C)c2C)cc1. The Morgan fingerprint density at radius 1 is 0.958 bits per heavy atom. The van der Waals surface area contributed by atoms with Crippen LogP contribution in [-0.4, -0.2) is 17.9 Å². The molecule has 0 bridgehead atoms. The summed E-state index contributed by atoms with van der Waals surface area (Å²) in [5.41, 5.74) is 4.06. The number of hydrogen-bond acceptors (Lipinski definition) is 2. The molecule has 24 heavy (non-hydrogen) atoms. The fraction of sp³-hybridized carbons (Fsp3) is 0.300. The second kappa shape index (κ2) is 7.77. The molecule has 0 saturated heterocycles. The van der Waals surface area contributed by atoms with Gasteiger partial charge in [-0.3, -0.25) is 9.59 Å². The summed E-state index contributed by atoms with van der Waals surface area (Å²) in [6.45, 7) is 7.97. The van der Waals surface area contributed by atoms with Gasteiger partial charge in [-0.25, -0.2) is 0 Å². The Morgan fingerprint density at radius 3 is 2.12 bits per heavy atom. The lowest BCUT2D eigenvalue weighted by Gasteiger charge is -2.12. The quantitative estimate of drug-likeness (QED) is 0.870. The third-order valence-corrected chi connectivity index (χ3v) is 4.25. The van der Waals surface area contributed by atoms with Crippen LogP contribution in [0.2, 0.25) is 0 Å². The number of carbonyl (C=O) groups is 2. The maximum absolute atomic E-state index is 12.4. The zero-order valence-corrected chi connectivity index (χ0v) is 14.6. The van der Waals surface area contributed by atoms with E-state index in [1.807, 2.05) is 45.9 Å². The molecule has 1 unspecified atom stereocenters. The number of hydrogen-bond donors (Lipinski definition) is 2. The lowest BCUT2D eigenvalue weighted by Crippen LogP contribution is -2.31. The molecule has 0 aliphatic carbocycles. The number of benzene rings is 2. The summed E-state index contributed by atoms with van der Waals surface area (Å²) in [4.78, 5) is 24.4. The standard InChI is InChI=1S/C20H24N2O2/c1-5-14(3)21-19(23)16-9-11-17(12-10-16)20(24)22-18-8-6-7-13(2)15(18)4/h6-12,14H,5H2,1-4H3,(H,21,23)(H,22,24). The van der Waals surface area contributed by atoms with Crippen LogP contribution < -0.4 is 10.6 Å². The van der Waals surface area contributed by atoms with E-state index in [1.165, 1.54) is 0 Å². The Balaban J connectivity index is 2.08. The first-order chi connectivity index (χ1) is 11.4. The molecule has 2 rings (SSSR count). The molecule has 0 radical (unpaired) electrons. The number of carbonyl (C=O) groups excluding carboxylic acids is 2. The van der Waals surface area contributed by atoms with Gasteiger partial charge in [-0.2, -0.15) is 0 Å². The van der Waals surface area contributed by atoms with E-state index in [4.69, 9.17) is 0 Å². The van der Waals surface area contributed by atoms with E-state index in [-0.39, 0.29) is 17.9 Å². The second-order valence-corrected chi connectivity index (χ2v) is 6.06. The predicted molar refractivity (Wildman–Crippen MR) is 97.5 cm³/mol. The van der Waals surface area contributed by atoms with Crippen LogP contribution >= 0.6 is 0 Å². The highest BCUT2D eigenvalue weighted by Gasteiger charge is 2.11. The minimum Gasteiger partial charge on any atom is -0.350 e. The third kappa shape index (κ3) is 4.22. The van der Waals surface area contributed by atoms with Crippen LogP contribution in [-0.2, 0) is 0 Å². The topological polar surface area (TPSA) is 58.2 Å². The molecule has 0 fully saturated rings. The molecule has 1 atom stereocenters. The van der Waals surface area contributed by atoms with E-state index in [9.17, 15) is 9.59 Å². The van der Waals surface area contributed by atoms with E-state index in [1.54, 1.807) is 24.3 Å². The van der Waals surface area contributed by atoms with Gasteiger partial charge in [0.05, 0.1) is 0 Å². The van der Waals surface area contributed by atoms with E-state index >= 15 is 0 Å². The van der Waals surface area contributed by atoms with Gasteiger partial charge in [0.25, 0.3) is 11.8 Å². The van der Waals surface area contributed by atoms with E-state index < -0.39 is 0 Å². The summed E-state index contributed by atoms with van der Waals surface area (Å²) < 4.78 is 0. The van der Waals surface area contributed by atoms with Crippen LogP contribution in [0.4, 0.5) is 5.69 Å². The molecule has 4 nitrogen and oxygen atoms in total. The van der Waals surface area contributed by atoms with Crippen LogP contribution in [0, 0.1) is 13.8 Å². The molecule has 2 amide bonds. The van der Waals surface area contributed by atoms with Gasteiger partial charge >= 0.3 is 0 Å². The van der Waals surface area contributed by atoms with Crippen molar-refractivity contribution in [2.45, 2.75) is 40.2 Å². The maximum atomic E-state index is 12.4. The summed E-state index contributed by atoms with van der Waals surface area (Å²) in [6, 6.07) is 12.6. The molecule has 2 N–H and O–H groups in total. The number of nitrogens with one attached hydrogen (secondary N) is 2. The van der Waals surface area contributed by atoms with Crippen molar-refractivity contribution in [2.75, 3.05) is 5.32 Å². The number of rotatable bonds is 5. The molecule has 0 aliphatic rings. The van der Waals surface area contributed by atoms with Gasteiger partial charge in [0, 0.05) is 22.9 Å². The molecule has 4 heteroatoms. The Hall–Kier alpha value is -2.62. The van der Waals surface area contributed by atoms with Crippen molar-refractivity contribution in [1.29, 1.82) is 0 Å². The van der Waals surface area contributed by atoms with Crippen molar-refractivity contribution in [3.63, 3.8) is 0 Å². The van der Waals surface area contributed by atoms with Crippen molar-refractivity contribution in [2.24, 2.45) is 0 Å². The molecular formula is C20H24N2O2. The van der Waals surface area contributed by atoms with Gasteiger partial charge in [0.15, 0.2) is 0 Å². The fourth-order valence-corrected chi connectivity index (χ4v) is 2.26. The molecular weight excluding hydrogens is 300 g/mol.